The number of para-hydroxylation sites is 1. The van der Waals surface area contributed by atoms with Crippen molar-refractivity contribution in [2.75, 3.05) is 11.9 Å². The van der Waals surface area contributed by atoms with E-state index in [0.29, 0.717) is 6.54 Å². The van der Waals surface area contributed by atoms with Crippen LogP contribution in [-0.2, 0) is 4.79 Å². The zero-order valence-electron chi connectivity index (χ0n) is 17.6. The van der Waals surface area contributed by atoms with Gasteiger partial charge in [0, 0.05) is 5.56 Å². The number of hydrogen-bond acceptors (Lipinski definition) is 2. The van der Waals surface area contributed by atoms with Crippen LogP contribution in [-0.4, -0.2) is 22.2 Å². The first-order valence-electron chi connectivity index (χ1n) is 10.3. The molecule has 3 aromatic carbocycles. The molecule has 1 amide bonds. The molecule has 5 nitrogen and oxygen atoms in total. The molecule has 5 heteroatoms. The lowest BCUT2D eigenvalue weighted by Crippen LogP contribution is -2.86. The first-order chi connectivity index (χ1) is 14.5. The van der Waals surface area contributed by atoms with Gasteiger partial charge in [0.1, 0.15) is 6.04 Å². The van der Waals surface area contributed by atoms with Gasteiger partial charge in [0.05, 0.1) is 22.8 Å². The van der Waals surface area contributed by atoms with Crippen LogP contribution in [0.3, 0.4) is 0 Å². The van der Waals surface area contributed by atoms with E-state index in [1.807, 2.05) is 54.9 Å². The Morgan fingerprint density at radius 1 is 1.00 bits per heavy atom. The largest absolute Gasteiger partial charge is 0.332 e. The summed E-state index contributed by atoms with van der Waals surface area (Å²) in [6.07, 6.45) is 0. The quantitative estimate of drug-likeness (QED) is 0.516. The van der Waals surface area contributed by atoms with Crippen molar-refractivity contribution in [1.29, 1.82) is 0 Å². The fourth-order valence-electron chi connectivity index (χ4n) is 3.89. The van der Waals surface area contributed by atoms with E-state index in [4.69, 9.17) is 0 Å². The number of carbonyl (C=O) groups excluding carboxylic acids is 1. The first kappa shape index (κ1) is 19.9. The van der Waals surface area contributed by atoms with E-state index in [1.165, 1.54) is 16.3 Å². The van der Waals surface area contributed by atoms with Gasteiger partial charge in [-0.05, 0) is 43.7 Å². The molecule has 0 aliphatic heterocycles. The van der Waals surface area contributed by atoms with Crippen molar-refractivity contribution in [3.8, 4) is 5.69 Å². The number of nitrogens with two attached hydrogens (primary N) is 1. The Kier molecular flexibility index (Phi) is 5.63. The van der Waals surface area contributed by atoms with E-state index < -0.39 is 0 Å². The fourth-order valence-corrected chi connectivity index (χ4v) is 3.89. The van der Waals surface area contributed by atoms with Crippen molar-refractivity contribution in [3.05, 3.63) is 89.7 Å². The second kappa shape index (κ2) is 8.51. The van der Waals surface area contributed by atoms with Gasteiger partial charge in [-0.1, -0.05) is 60.7 Å². The molecule has 4 rings (SSSR count). The molecule has 1 heterocycles. The summed E-state index contributed by atoms with van der Waals surface area (Å²) in [6, 6.07) is 24.8. The van der Waals surface area contributed by atoms with Gasteiger partial charge in [-0.3, -0.25) is 4.79 Å². The van der Waals surface area contributed by atoms with Crippen molar-refractivity contribution in [1.82, 2.24) is 9.78 Å². The Labute approximate surface area is 176 Å². The minimum absolute atomic E-state index is 0.0269. The van der Waals surface area contributed by atoms with Crippen LogP contribution in [0.4, 0.5) is 5.69 Å². The third-order valence-electron chi connectivity index (χ3n) is 5.53. The molecule has 0 spiro atoms. The standard InChI is InChI=1S/C25H26N4O/c1-17(22-15-9-11-20-10-7-8-14-23(20)22)26-16-24(30)27-25-18(2)28-29(19(25)3)21-12-5-4-6-13-21/h4-15,17,26H,16H2,1-3H3,(H,27,30)/p+1/t17-/m0/s1. The minimum atomic E-state index is -0.0269. The lowest BCUT2D eigenvalue weighted by molar-refractivity contribution is -0.682. The lowest BCUT2D eigenvalue weighted by atomic mass is 10.00. The monoisotopic (exact) mass is 399 g/mol. The van der Waals surface area contributed by atoms with Crippen LogP contribution in [0.15, 0.2) is 72.8 Å². The smallest absolute Gasteiger partial charge is 0.279 e. The van der Waals surface area contributed by atoms with E-state index in [9.17, 15) is 4.79 Å². The summed E-state index contributed by atoms with van der Waals surface area (Å²) >= 11 is 0. The third kappa shape index (κ3) is 3.98. The van der Waals surface area contributed by atoms with Crippen molar-refractivity contribution in [2.45, 2.75) is 26.8 Å². The molecule has 0 radical (unpaired) electrons. The van der Waals surface area contributed by atoms with Gasteiger partial charge in [-0.2, -0.15) is 5.10 Å². The van der Waals surface area contributed by atoms with Crippen molar-refractivity contribution in [2.24, 2.45) is 0 Å². The van der Waals surface area contributed by atoms with Crippen LogP contribution in [0.2, 0.25) is 0 Å². The molecule has 4 aromatic rings. The average molecular weight is 400 g/mol. The number of nitrogens with one attached hydrogen (secondary N) is 1. The molecule has 0 aliphatic rings. The molecule has 30 heavy (non-hydrogen) atoms. The number of aryl methyl sites for hydroxylation is 1. The number of benzene rings is 3. The zero-order chi connectivity index (χ0) is 21.1. The Hall–Kier alpha value is -3.44. The van der Waals surface area contributed by atoms with Gasteiger partial charge in [-0.15, -0.1) is 0 Å². The SMILES string of the molecule is Cc1nn(-c2ccccc2)c(C)c1NC(=O)C[NH2+][C@@H](C)c1cccc2ccccc12. The van der Waals surface area contributed by atoms with Gasteiger partial charge in [0.2, 0.25) is 0 Å². The predicted octanol–water partition coefficient (Wildman–Crippen LogP) is 3.91. The maximum Gasteiger partial charge on any atom is 0.279 e. The number of nitrogens with zero attached hydrogens (tertiary/aromatic N) is 2. The molecular weight excluding hydrogens is 372 g/mol. The summed E-state index contributed by atoms with van der Waals surface area (Å²) in [4.78, 5) is 12.7. The number of quaternary nitrogens is 1. The topological polar surface area (TPSA) is 63.5 Å². The number of anilines is 1. The molecule has 0 fully saturated rings. The number of rotatable bonds is 6. The van der Waals surface area contributed by atoms with E-state index in [2.05, 4.69) is 59.1 Å². The van der Waals surface area contributed by atoms with Crippen molar-refractivity contribution >= 4 is 22.4 Å². The maximum atomic E-state index is 12.7. The van der Waals surface area contributed by atoms with Crippen LogP contribution in [0.1, 0.15) is 29.9 Å². The highest BCUT2D eigenvalue weighted by Gasteiger charge is 2.18. The van der Waals surface area contributed by atoms with Gasteiger partial charge in [-0.25, -0.2) is 4.68 Å². The van der Waals surface area contributed by atoms with Crippen LogP contribution in [0.5, 0.6) is 0 Å². The van der Waals surface area contributed by atoms with Gasteiger partial charge in [0.25, 0.3) is 5.91 Å². The highest BCUT2D eigenvalue weighted by atomic mass is 16.1. The zero-order valence-corrected chi connectivity index (χ0v) is 17.6. The number of fused-ring (bicyclic) bond motifs is 1. The normalized spacial score (nSPS) is 12.1. The molecule has 152 valence electrons. The molecule has 0 saturated carbocycles. The maximum absolute atomic E-state index is 12.7. The highest BCUT2D eigenvalue weighted by Crippen LogP contribution is 2.23. The summed E-state index contributed by atoms with van der Waals surface area (Å²) in [5, 5.41) is 12.2. The first-order valence-corrected chi connectivity index (χ1v) is 10.3. The molecular formula is C25H27N4O+. The summed E-state index contributed by atoms with van der Waals surface area (Å²) in [7, 11) is 0. The molecule has 0 aliphatic carbocycles. The molecule has 0 bridgehead atoms. The lowest BCUT2D eigenvalue weighted by Gasteiger charge is -2.14. The minimum Gasteiger partial charge on any atom is -0.332 e. The Morgan fingerprint density at radius 2 is 1.70 bits per heavy atom. The summed E-state index contributed by atoms with van der Waals surface area (Å²) in [5.41, 5.74) is 4.75. The molecule has 0 saturated heterocycles. The molecule has 0 unspecified atom stereocenters. The van der Waals surface area contributed by atoms with E-state index in [-0.39, 0.29) is 11.9 Å². The molecule has 1 atom stereocenters. The van der Waals surface area contributed by atoms with Crippen LogP contribution < -0.4 is 10.6 Å². The number of amides is 1. The van der Waals surface area contributed by atoms with Crippen molar-refractivity contribution in [3.63, 3.8) is 0 Å². The van der Waals surface area contributed by atoms with Crippen LogP contribution >= 0.6 is 0 Å². The van der Waals surface area contributed by atoms with Gasteiger partial charge in [0.15, 0.2) is 6.54 Å². The number of hydrogen-bond donors (Lipinski definition) is 2. The van der Waals surface area contributed by atoms with Gasteiger partial charge < -0.3 is 10.6 Å². The van der Waals surface area contributed by atoms with E-state index in [1.54, 1.807) is 0 Å². The second-order valence-electron chi connectivity index (χ2n) is 7.64. The van der Waals surface area contributed by atoms with Crippen molar-refractivity contribution < 1.29 is 10.1 Å². The van der Waals surface area contributed by atoms with E-state index >= 15 is 0 Å². The summed E-state index contributed by atoms with van der Waals surface area (Å²) in [6.45, 7) is 6.38. The number of carbonyl (C=O) groups is 1. The summed E-state index contributed by atoms with van der Waals surface area (Å²) in [5.74, 6) is -0.0269. The van der Waals surface area contributed by atoms with E-state index in [0.717, 1.165) is 22.8 Å². The average Bonchev–Trinajstić information content (AvgIpc) is 3.06. The molecule has 1 aromatic heterocycles. The van der Waals surface area contributed by atoms with Crippen LogP contribution in [0, 0.1) is 13.8 Å². The predicted molar refractivity (Wildman–Crippen MR) is 121 cm³/mol. The third-order valence-corrected chi connectivity index (χ3v) is 5.53. The van der Waals surface area contributed by atoms with Crippen LogP contribution in [0.25, 0.3) is 16.5 Å². The second-order valence-corrected chi connectivity index (χ2v) is 7.64. The number of aromatic nitrogens is 2. The molecule has 3 N–H and O–H groups in total. The fraction of sp³-hybridized carbons (Fsp3) is 0.200. The van der Waals surface area contributed by atoms with Gasteiger partial charge >= 0.3 is 0 Å². The Balaban J connectivity index is 1.45. The highest BCUT2D eigenvalue weighted by molar-refractivity contribution is 5.92. The Bertz CT molecular complexity index is 1180. The summed E-state index contributed by atoms with van der Waals surface area (Å²) < 4.78 is 1.87. The Morgan fingerprint density at radius 3 is 2.50 bits per heavy atom.